The Kier molecular flexibility index (Phi) is 1.51. The van der Waals surface area contributed by atoms with E-state index < -0.39 is 59.8 Å². The van der Waals surface area contributed by atoms with Crippen molar-refractivity contribution in [3.8, 4) is 0 Å². The molecule has 0 spiro atoms. The molecule has 1 aromatic carbocycles. The van der Waals surface area contributed by atoms with E-state index in [-0.39, 0.29) is 4.90 Å². The molecule has 2 rings (SSSR count). The quantitative estimate of drug-likeness (QED) is 0.778. The Bertz CT molecular complexity index is 781. The van der Waals surface area contributed by atoms with Crippen LogP contribution in [-0.4, -0.2) is 37.9 Å². The van der Waals surface area contributed by atoms with Gasteiger partial charge in [0.25, 0.3) is 0 Å². The van der Waals surface area contributed by atoms with Gasteiger partial charge < -0.3 is 9.80 Å². The minimum Gasteiger partial charge on any atom is -0.369 e. The third-order valence-electron chi connectivity index (χ3n) is 2.06. The van der Waals surface area contributed by atoms with Crippen molar-refractivity contribution >= 4 is 21.6 Å². The Morgan fingerprint density at radius 1 is 1.28 bits per heavy atom. The van der Waals surface area contributed by atoms with Gasteiger partial charge in [-0.05, 0) is 25.2 Å². The van der Waals surface area contributed by atoms with Gasteiger partial charge in [-0.25, -0.2) is 0 Å². The van der Waals surface area contributed by atoms with E-state index in [1.54, 1.807) is 0 Å². The van der Waals surface area contributed by atoms with Gasteiger partial charge in [-0.1, -0.05) is 15.9 Å². The lowest BCUT2D eigenvalue weighted by Crippen LogP contribution is -2.44. The van der Waals surface area contributed by atoms with Crippen LogP contribution in [0, 0.1) is 0 Å². The number of benzene rings is 1. The van der Waals surface area contributed by atoms with Crippen LogP contribution in [0.25, 0.3) is 0 Å². The summed E-state index contributed by atoms with van der Waals surface area (Å²) in [5.74, 6) is 0. The predicted octanol–water partition coefficient (Wildman–Crippen LogP) is 3.22. The minimum absolute atomic E-state index is 0.135. The smallest absolute Gasteiger partial charge is 0.369 e. The Morgan fingerprint density at radius 3 is 2.50 bits per heavy atom. The average Bonchev–Trinajstić information content (AvgIpc) is 2.43. The Balaban J connectivity index is 2.84. The van der Waals surface area contributed by atoms with Crippen molar-refractivity contribution in [3.63, 3.8) is 0 Å². The molecule has 0 aliphatic carbocycles. The maximum Gasteiger partial charge on any atom is 0.417 e. The number of halogens is 4. The highest BCUT2D eigenvalue weighted by atomic mass is 79.9. The molecule has 0 unspecified atom stereocenters. The molecule has 6 heteroatoms. The molecule has 0 amide bonds. The van der Waals surface area contributed by atoms with Gasteiger partial charge in [0.1, 0.15) is 0 Å². The number of piperazine rings is 1. The van der Waals surface area contributed by atoms with Crippen LogP contribution in [0.1, 0.15) is 20.6 Å². The number of rotatable bonds is 1. The predicted molar refractivity (Wildman–Crippen MR) is 68.9 cm³/mol. The summed E-state index contributed by atoms with van der Waals surface area (Å²) in [6, 6.07) is 1.99. The summed E-state index contributed by atoms with van der Waals surface area (Å²) in [4.78, 5) is -0.684. The highest BCUT2D eigenvalue weighted by Gasteiger charge is 2.33. The molecule has 1 aliphatic heterocycles. The van der Waals surface area contributed by atoms with Gasteiger partial charge in [0.05, 0.1) is 11.0 Å². The molecule has 2 nitrogen and oxygen atoms in total. The third kappa shape index (κ3) is 2.98. The second-order valence-electron chi connectivity index (χ2n) is 3.28. The van der Waals surface area contributed by atoms with E-state index in [9.17, 15) is 13.2 Å². The third-order valence-corrected chi connectivity index (χ3v) is 2.75. The first-order chi connectivity index (χ1) is 12.6. The molecule has 100 valence electrons. The van der Waals surface area contributed by atoms with Gasteiger partial charge in [0.15, 0.2) is 0 Å². The molecule has 0 aromatic heterocycles. The Labute approximate surface area is 128 Å². The number of likely N-dealkylation sites (N-methyl/N-ethyl adjacent to an activating group) is 1. The van der Waals surface area contributed by atoms with E-state index in [1.807, 2.05) is 0 Å². The molecule has 1 aliphatic rings. The summed E-state index contributed by atoms with van der Waals surface area (Å²) < 4.78 is 125. The molecule has 0 N–H and O–H groups in total. The van der Waals surface area contributed by atoms with Crippen LogP contribution in [0.4, 0.5) is 18.9 Å². The minimum atomic E-state index is -4.94. The number of nitrogens with zero attached hydrogens (tertiary/aromatic N) is 2. The van der Waals surface area contributed by atoms with Crippen LogP contribution in [0.15, 0.2) is 22.7 Å². The van der Waals surface area contributed by atoms with Crippen LogP contribution in [0.3, 0.4) is 0 Å². The van der Waals surface area contributed by atoms with E-state index in [0.29, 0.717) is 6.07 Å². The zero-order valence-electron chi connectivity index (χ0n) is 19.6. The molecule has 0 radical (unpaired) electrons. The van der Waals surface area contributed by atoms with Gasteiger partial charge >= 0.3 is 6.18 Å². The van der Waals surface area contributed by atoms with Gasteiger partial charge in [-0.3, -0.25) is 0 Å². The average molecular weight is 334 g/mol. The van der Waals surface area contributed by atoms with Gasteiger partial charge in [0, 0.05) is 45.7 Å². The van der Waals surface area contributed by atoms with Crippen molar-refractivity contribution in [2.75, 3.05) is 37.9 Å². The maximum atomic E-state index is 13.2. The monoisotopic (exact) mass is 333 g/mol. The number of hydrogen-bond acceptors (Lipinski definition) is 2. The first-order valence-corrected chi connectivity index (χ1v) is 5.38. The van der Waals surface area contributed by atoms with E-state index in [0.717, 1.165) is 12.1 Å². The molecular weight excluding hydrogens is 309 g/mol. The molecule has 0 bridgehead atoms. The fraction of sp³-hybridized carbons (Fsp3) is 0.500. The molecule has 0 saturated carbocycles. The van der Waals surface area contributed by atoms with Crippen molar-refractivity contribution in [2.24, 2.45) is 0 Å². The summed E-state index contributed by atoms with van der Waals surface area (Å²) in [7, 11) is 0. The zero-order chi connectivity index (χ0) is 23.0. The zero-order valence-corrected chi connectivity index (χ0v) is 10.2. The molecule has 18 heavy (non-hydrogen) atoms. The second-order valence-corrected chi connectivity index (χ2v) is 4.13. The van der Waals surface area contributed by atoms with Gasteiger partial charge in [0.2, 0.25) is 0 Å². The van der Waals surface area contributed by atoms with Crippen molar-refractivity contribution in [1.29, 1.82) is 0 Å². The van der Waals surface area contributed by atoms with Gasteiger partial charge in [-0.2, -0.15) is 13.2 Å². The summed E-state index contributed by atoms with van der Waals surface area (Å²) in [5.41, 5.74) is -2.16. The lowest BCUT2D eigenvalue weighted by Gasteiger charge is -2.34. The molecular formula is C12H14BrF3N2. The molecule has 1 saturated heterocycles. The SMILES string of the molecule is [2H]C([2H])([2H])N1C([2H])([2H])C([2H])([2H])N(c2ccc(Br)c(C(F)(F)F)c2)C([2H])([2H])C1([2H])[2H]. The van der Waals surface area contributed by atoms with Crippen LogP contribution < -0.4 is 4.90 Å². The number of anilines is 1. The highest BCUT2D eigenvalue weighted by molar-refractivity contribution is 9.10. The molecule has 0 atom stereocenters. The normalized spacial score (nSPS) is 39.1. The van der Waals surface area contributed by atoms with Crippen LogP contribution >= 0.6 is 15.9 Å². The van der Waals surface area contributed by atoms with Crippen LogP contribution in [-0.2, 0) is 6.18 Å². The molecule has 1 fully saturated rings. The second kappa shape index (κ2) is 5.09. The van der Waals surface area contributed by atoms with Crippen LogP contribution in [0.2, 0.25) is 0 Å². The molecule has 1 aromatic rings. The van der Waals surface area contributed by atoms with Crippen molar-refractivity contribution in [3.05, 3.63) is 28.2 Å². The van der Waals surface area contributed by atoms with Crippen molar-refractivity contribution in [2.45, 2.75) is 6.18 Å². The Morgan fingerprint density at radius 2 is 1.94 bits per heavy atom. The molecule has 1 heterocycles. The lowest BCUT2D eigenvalue weighted by molar-refractivity contribution is -0.138. The van der Waals surface area contributed by atoms with E-state index >= 15 is 0 Å². The summed E-state index contributed by atoms with van der Waals surface area (Å²) in [5, 5.41) is 0. The summed E-state index contributed by atoms with van der Waals surface area (Å²) in [6.45, 7) is -18.1. The first kappa shape index (κ1) is 5.32. The van der Waals surface area contributed by atoms with E-state index in [4.69, 9.17) is 15.1 Å². The standard InChI is InChI=1S/C12H14BrF3N2/c1-17-4-6-18(7-5-17)9-2-3-11(13)10(8-9)12(14,15)16/h2-3,8H,4-7H2,1H3/i1D3,4D2,5D2,6D2,7D2. The topological polar surface area (TPSA) is 6.48 Å². The Hall–Kier alpha value is -0.750. The fourth-order valence-corrected chi connectivity index (χ4v) is 1.73. The van der Waals surface area contributed by atoms with E-state index in [2.05, 4.69) is 15.9 Å². The van der Waals surface area contributed by atoms with Crippen LogP contribution in [0.5, 0.6) is 0 Å². The summed E-state index contributed by atoms with van der Waals surface area (Å²) >= 11 is 2.67. The number of hydrogen-bond donors (Lipinski definition) is 0. The lowest BCUT2D eigenvalue weighted by atomic mass is 10.1. The van der Waals surface area contributed by atoms with Crippen molar-refractivity contribution in [1.82, 2.24) is 4.90 Å². The first-order valence-electron chi connectivity index (χ1n) is 10.1. The summed E-state index contributed by atoms with van der Waals surface area (Å²) in [6.07, 6.45) is -4.94. The van der Waals surface area contributed by atoms with Gasteiger partial charge in [-0.15, -0.1) is 0 Å². The fourth-order valence-electron chi connectivity index (χ4n) is 1.25. The van der Waals surface area contributed by atoms with E-state index in [1.165, 1.54) is 0 Å². The van der Waals surface area contributed by atoms with Crippen molar-refractivity contribution < 1.29 is 28.2 Å². The number of alkyl halides is 3. The maximum absolute atomic E-state index is 13.2. The highest BCUT2D eigenvalue weighted by Crippen LogP contribution is 2.37. The largest absolute Gasteiger partial charge is 0.417 e.